The minimum Gasteiger partial charge on any atom is -0.373 e. The molecule has 0 spiro atoms. The molecule has 0 amide bonds. The van der Waals surface area contributed by atoms with Crippen LogP contribution in [0.2, 0.25) is 0 Å². The minimum absolute atomic E-state index is 0.383. The minimum atomic E-state index is 0.383. The number of ether oxygens (including phenoxy) is 1. The summed E-state index contributed by atoms with van der Waals surface area (Å²) in [5, 5.41) is 7.09. The topological polar surface area (TPSA) is 48.9 Å². The molecule has 3 aliphatic heterocycles. The van der Waals surface area contributed by atoms with Crippen molar-refractivity contribution in [2.75, 3.05) is 31.6 Å². The zero-order valence-electron chi connectivity index (χ0n) is 14.4. The highest BCUT2D eigenvalue weighted by molar-refractivity contribution is 5.80. The molecule has 3 saturated heterocycles. The third-order valence-electron chi connectivity index (χ3n) is 5.62. The van der Waals surface area contributed by atoms with Crippen molar-refractivity contribution in [2.24, 2.45) is 10.9 Å². The molecule has 0 aromatic heterocycles. The molecule has 0 aliphatic carbocycles. The molecule has 1 aromatic carbocycles. The van der Waals surface area contributed by atoms with Crippen molar-refractivity contribution in [1.82, 2.24) is 10.6 Å². The SMILES string of the molecule is CN=C(NCC1CCN(c2ccccc2)C1)NC1CC2CCC1O2. The van der Waals surface area contributed by atoms with Gasteiger partial charge in [-0.15, -0.1) is 0 Å². The first-order valence-electron chi connectivity index (χ1n) is 9.24. The summed E-state index contributed by atoms with van der Waals surface area (Å²) in [5.41, 5.74) is 1.33. The van der Waals surface area contributed by atoms with Crippen LogP contribution in [0.4, 0.5) is 5.69 Å². The standard InChI is InChI=1S/C19H28N4O/c1-20-19(22-17-11-16-7-8-18(17)24-16)21-12-14-9-10-23(13-14)15-5-3-2-4-6-15/h2-6,14,16-18H,7-13H2,1H3,(H2,20,21,22). The Morgan fingerprint density at radius 3 is 2.83 bits per heavy atom. The highest BCUT2D eigenvalue weighted by atomic mass is 16.5. The molecule has 4 atom stereocenters. The first-order chi connectivity index (χ1) is 11.8. The van der Waals surface area contributed by atoms with Gasteiger partial charge in [-0.3, -0.25) is 4.99 Å². The monoisotopic (exact) mass is 328 g/mol. The third-order valence-corrected chi connectivity index (χ3v) is 5.62. The van der Waals surface area contributed by atoms with E-state index in [1.165, 1.54) is 24.9 Å². The Labute approximate surface area is 144 Å². The number of hydrogen-bond acceptors (Lipinski definition) is 3. The Morgan fingerprint density at radius 2 is 2.12 bits per heavy atom. The van der Waals surface area contributed by atoms with Crippen LogP contribution in [-0.2, 0) is 4.74 Å². The number of anilines is 1. The van der Waals surface area contributed by atoms with E-state index < -0.39 is 0 Å². The fourth-order valence-electron chi connectivity index (χ4n) is 4.27. The summed E-state index contributed by atoms with van der Waals surface area (Å²) in [6, 6.07) is 11.1. The molecule has 5 nitrogen and oxygen atoms in total. The zero-order chi connectivity index (χ0) is 16.4. The normalized spacial score (nSPS) is 32.4. The van der Waals surface area contributed by atoms with Gasteiger partial charge in [0.2, 0.25) is 0 Å². The largest absolute Gasteiger partial charge is 0.373 e. The van der Waals surface area contributed by atoms with Crippen molar-refractivity contribution in [2.45, 2.75) is 43.9 Å². The summed E-state index contributed by atoms with van der Waals surface area (Å²) < 4.78 is 5.92. The van der Waals surface area contributed by atoms with Crippen LogP contribution in [0.25, 0.3) is 0 Å². The molecule has 4 rings (SSSR count). The maximum atomic E-state index is 5.92. The molecule has 0 saturated carbocycles. The van der Waals surface area contributed by atoms with E-state index in [1.54, 1.807) is 0 Å². The molecule has 130 valence electrons. The van der Waals surface area contributed by atoms with Crippen molar-refractivity contribution in [3.05, 3.63) is 30.3 Å². The number of nitrogens with one attached hydrogen (secondary N) is 2. The summed E-state index contributed by atoms with van der Waals surface area (Å²) >= 11 is 0. The number of guanidine groups is 1. The van der Waals surface area contributed by atoms with Crippen LogP contribution < -0.4 is 15.5 Å². The van der Waals surface area contributed by atoms with Crippen molar-refractivity contribution in [3.63, 3.8) is 0 Å². The van der Waals surface area contributed by atoms with E-state index in [2.05, 4.69) is 50.9 Å². The second-order valence-electron chi connectivity index (χ2n) is 7.25. The van der Waals surface area contributed by atoms with E-state index in [0.717, 1.165) is 32.0 Å². The van der Waals surface area contributed by atoms with Gasteiger partial charge in [0.05, 0.1) is 18.2 Å². The Bertz CT molecular complexity index is 576. The molecular weight excluding hydrogens is 300 g/mol. The Balaban J connectivity index is 1.24. The van der Waals surface area contributed by atoms with Crippen molar-refractivity contribution >= 4 is 11.6 Å². The van der Waals surface area contributed by atoms with Crippen molar-refractivity contribution in [1.29, 1.82) is 0 Å². The Kier molecular flexibility index (Phi) is 4.60. The van der Waals surface area contributed by atoms with Gasteiger partial charge in [0, 0.05) is 32.4 Å². The van der Waals surface area contributed by atoms with Crippen LogP contribution in [0.5, 0.6) is 0 Å². The average Bonchev–Trinajstić information content (AvgIpc) is 3.36. The van der Waals surface area contributed by atoms with Crippen LogP contribution >= 0.6 is 0 Å². The maximum Gasteiger partial charge on any atom is 0.191 e. The average molecular weight is 328 g/mol. The van der Waals surface area contributed by atoms with Gasteiger partial charge in [0.1, 0.15) is 0 Å². The maximum absolute atomic E-state index is 5.92. The predicted molar refractivity (Wildman–Crippen MR) is 97.6 cm³/mol. The molecule has 24 heavy (non-hydrogen) atoms. The van der Waals surface area contributed by atoms with Crippen molar-refractivity contribution in [3.8, 4) is 0 Å². The molecule has 2 N–H and O–H groups in total. The smallest absolute Gasteiger partial charge is 0.191 e. The van der Waals surface area contributed by atoms with Gasteiger partial charge in [-0.2, -0.15) is 0 Å². The summed E-state index contributed by atoms with van der Waals surface area (Å²) in [6.45, 7) is 3.23. The van der Waals surface area contributed by atoms with Gasteiger partial charge in [-0.05, 0) is 43.7 Å². The molecular formula is C19H28N4O. The fraction of sp³-hybridized carbons (Fsp3) is 0.632. The first kappa shape index (κ1) is 15.8. The quantitative estimate of drug-likeness (QED) is 0.656. The summed E-state index contributed by atoms with van der Waals surface area (Å²) in [6.07, 6.45) is 5.63. The van der Waals surface area contributed by atoms with Crippen LogP contribution in [0.15, 0.2) is 35.3 Å². The number of para-hydroxylation sites is 1. The second-order valence-corrected chi connectivity index (χ2v) is 7.25. The van der Waals surface area contributed by atoms with Crippen LogP contribution in [0.3, 0.4) is 0 Å². The summed E-state index contributed by atoms with van der Waals surface area (Å²) in [7, 11) is 1.86. The molecule has 0 radical (unpaired) electrons. The van der Waals surface area contributed by atoms with Crippen LogP contribution in [0.1, 0.15) is 25.7 Å². The van der Waals surface area contributed by atoms with E-state index in [9.17, 15) is 0 Å². The van der Waals surface area contributed by atoms with Gasteiger partial charge in [-0.1, -0.05) is 18.2 Å². The lowest BCUT2D eigenvalue weighted by atomic mass is 9.96. The second kappa shape index (κ2) is 7.01. The van der Waals surface area contributed by atoms with Gasteiger partial charge >= 0.3 is 0 Å². The van der Waals surface area contributed by atoms with Crippen LogP contribution in [-0.4, -0.2) is 50.9 Å². The number of fused-ring (bicyclic) bond motifs is 2. The van der Waals surface area contributed by atoms with E-state index in [0.29, 0.717) is 24.2 Å². The lowest BCUT2D eigenvalue weighted by Crippen LogP contribution is -2.48. The number of aliphatic imine (C=N–C) groups is 1. The first-order valence-corrected chi connectivity index (χ1v) is 9.24. The fourth-order valence-corrected chi connectivity index (χ4v) is 4.27. The molecule has 1 aromatic rings. The molecule has 2 bridgehead atoms. The zero-order valence-corrected chi connectivity index (χ0v) is 14.4. The number of hydrogen-bond donors (Lipinski definition) is 2. The number of benzene rings is 1. The van der Waals surface area contributed by atoms with Gasteiger partial charge < -0.3 is 20.3 Å². The molecule has 3 heterocycles. The highest BCUT2D eigenvalue weighted by Gasteiger charge is 2.41. The number of nitrogens with zero attached hydrogens (tertiary/aromatic N) is 2. The lowest BCUT2D eigenvalue weighted by molar-refractivity contribution is 0.0992. The van der Waals surface area contributed by atoms with Gasteiger partial charge in [-0.25, -0.2) is 0 Å². The number of rotatable bonds is 4. The lowest BCUT2D eigenvalue weighted by Gasteiger charge is -2.23. The van der Waals surface area contributed by atoms with Crippen LogP contribution in [0, 0.1) is 5.92 Å². The Morgan fingerprint density at radius 1 is 1.25 bits per heavy atom. The molecule has 3 fully saturated rings. The van der Waals surface area contributed by atoms with Gasteiger partial charge in [0.25, 0.3) is 0 Å². The van der Waals surface area contributed by atoms with E-state index >= 15 is 0 Å². The highest BCUT2D eigenvalue weighted by Crippen LogP contribution is 2.34. The Hall–Kier alpha value is -1.75. The van der Waals surface area contributed by atoms with E-state index in [-0.39, 0.29) is 0 Å². The molecule has 5 heteroatoms. The van der Waals surface area contributed by atoms with Crippen molar-refractivity contribution < 1.29 is 4.74 Å². The van der Waals surface area contributed by atoms with Gasteiger partial charge in [0.15, 0.2) is 5.96 Å². The summed E-state index contributed by atoms with van der Waals surface area (Å²) in [4.78, 5) is 6.88. The third kappa shape index (κ3) is 3.36. The summed E-state index contributed by atoms with van der Waals surface area (Å²) in [5.74, 6) is 1.59. The molecule has 4 unspecified atom stereocenters. The van der Waals surface area contributed by atoms with E-state index in [4.69, 9.17) is 4.74 Å². The van der Waals surface area contributed by atoms with E-state index in [1.807, 2.05) is 7.05 Å². The molecule has 3 aliphatic rings. The predicted octanol–water partition coefficient (Wildman–Crippen LogP) is 2.00.